The van der Waals surface area contributed by atoms with Crippen LogP contribution in [-0.4, -0.2) is 33.4 Å². The van der Waals surface area contributed by atoms with Crippen molar-refractivity contribution in [3.63, 3.8) is 0 Å². The van der Waals surface area contributed by atoms with Crippen molar-refractivity contribution in [3.8, 4) is 5.69 Å². The van der Waals surface area contributed by atoms with Crippen LogP contribution in [-0.2, 0) is 0 Å². The molecule has 2 heterocycles. The maximum Gasteiger partial charge on any atom is 0.272 e. The lowest BCUT2D eigenvalue weighted by atomic mass is 9.99. The number of H-pyrrole nitrogens is 1. The van der Waals surface area contributed by atoms with E-state index in [1.807, 2.05) is 53.4 Å². The van der Waals surface area contributed by atoms with Crippen LogP contribution in [0.1, 0.15) is 22.5 Å². The van der Waals surface area contributed by atoms with Crippen LogP contribution in [0.3, 0.4) is 0 Å². The molecule has 1 aliphatic heterocycles. The Bertz CT molecular complexity index is 1000. The number of benzene rings is 2. The number of nitrogens with zero attached hydrogens (tertiary/aromatic N) is 2. The number of rotatable bonds is 3. The first-order valence-corrected chi connectivity index (χ1v) is 9.04. The monoisotopic (exact) mass is 361 g/mol. The molecular formula is C21H19N3OS. The lowest BCUT2D eigenvalue weighted by molar-refractivity contribution is 0.0764. The van der Waals surface area contributed by atoms with E-state index in [2.05, 4.69) is 23.2 Å². The number of para-hydroxylation sites is 1. The van der Waals surface area contributed by atoms with E-state index in [9.17, 15) is 4.79 Å². The van der Waals surface area contributed by atoms with Gasteiger partial charge in [-0.2, -0.15) is 0 Å². The molecule has 1 aliphatic rings. The topological polar surface area (TPSA) is 41.0 Å². The van der Waals surface area contributed by atoms with Crippen molar-refractivity contribution in [2.45, 2.75) is 6.42 Å². The average molecular weight is 361 g/mol. The van der Waals surface area contributed by atoms with Gasteiger partial charge in [0, 0.05) is 25.0 Å². The first-order valence-electron chi connectivity index (χ1n) is 8.63. The molecule has 1 amide bonds. The Morgan fingerprint density at radius 3 is 2.35 bits per heavy atom. The van der Waals surface area contributed by atoms with E-state index in [4.69, 9.17) is 12.2 Å². The summed E-state index contributed by atoms with van der Waals surface area (Å²) in [7, 11) is 0. The molecular weight excluding hydrogens is 342 g/mol. The maximum absolute atomic E-state index is 13.1. The van der Waals surface area contributed by atoms with Crippen LogP contribution in [0.4, 0.5) is 0 Å². The number of nitrogens with one attached hydrogen (secondary N) is 1. The Morgan fingerprint density at radius 2 is 1.69 bits per heavy atom. The number of carbonyl (C=O) groups is 1. The fourth-order valence-corrected chi connectivity index (χ4v) is 3.55. The number of aromatic amines is 1. The molecule has 1 aromatic heterocycles. The third-order valence-electron chi connectivity index (χ3n) is 4.65. The minimum Gasteiger partial charge on any atom is -0.336 e. The van der Waals surface area contributed by atoms with Gasteiger partial charge in [0.25, 0.3) is 5.91 Å². The van der Waals surface area contributed by atoms with Gasteiger partial charge in [-0.05, 0) is 41.9 Å². The van der Waals surface area contributed by atoms with Crippen molar-refractivity contribution in [1.82, 2.24) is 14.5 Å². The summed E-state index contributed by atoms with van der Waals surface area (Å²) in [5.41, 5.74) is 3.98. The van der Waals surface area contributed by atoms with Crippen LogP contribution >= 0.6 is 12.2 Å². The number of hydrogen-bond donors (Lipinski definition) is 1. The highest BCUT2D eigenvalue weighted by Crippen LogP contribution is 2.23. The fourth-order valence-electron chi connectivity index (χ4n) is 3.29. The number of carbonyl (C=O) groups excluding carboxylic acids is 1. The zero-order valence-corrected chi connectivity index (χ0v) is 15.1. The lowest BCUT2D eigenvalue weighted by Gasteiger charge is -2.27. The Balaban J connectivity index is 1.59. The molecule has 0 spiro atoms. The second-order valence-electron chi connectivity index (χ2n) is 6.25. The molecule has 130 valence electrons. The van der Waals surface area contributed by atoms with Gasteiger partial charge in [-0.25, -0.2) is 0 Å². The van der Waals surface area contributed by atoms with Gasteiger partial charge < -0.3 is 9.88 Å². The predicted molar refractivity (Wildman–Crippen MR) is 106 cm³/mol. The summed E-state index contributed by atoms with van der Waals surface area (Å²) in [6, 6.07) is 20.1. The Morgan fingerprint density at radius 1 is 1.00 bits per heavy atom. The van der Waals surface area contributed by atoms with Gasteiger partial charge in [-0.3, -0.25) is 9.36 Å². The zero-order valence-electron chi connectivity index (χ0n) is 14.3. The van der Waals surface area contributed by atoms with Gasteiger partial charge in [-0.1, -0.05) is 54.6 Å². The van der Waals surface area contributed by atoms with Crippen LogP contribution in [0.5, 0.6) is 0 Å². The molecule has 0 aliphatic carbocycles. The molecule has 3 aromatic rings. The van der Waals surface area contributed by atoms with Crippen molar-refractivity contribution in [1.29, 1.82) is 0 Å². The molecule has 0 saturated heterocycles. The largest absolute Gasteiger partial charge is 0.336 e. The second-order valence-corrected chi connectivity index (χ2v) is 6.63. The van der Waals surface area contributed by atoms with Gasteiger partial charge in [0.15, 0.2) is 4.77 Å². The van der Waals surface area contributed by atoms with E-state index in [1.54, 1.807) is 10.8 Å². The SMILES string of the molecule is O=C(c1c[nH]c(=S)n1-c1ccccc1)N1CC=C(c2ccccc2)CC1. The van der Waals surface area contributed by atoms with Crippen LogP contribution in [0.25, 0.3) is 11.3 Å². The quantitative estimate of drug-likeness (QED) is 0.700. The lowest BCUT2D eigenvalue weighted by Crippen LogP contribution is -2.35. The Labute approximate surface area is 157 Å². The van der Waals surface area contributed by atoms with E-state index < -0.39 is 0 Å². The highest BCUT2D eigenvalue weighted by atomic mass is 32.1. The first kappa shape index (κ1) is 16.5. The van der Waals surface area contributed by atoms with Crippen LogP contribution < -0.4 is 0 Å². The third kappa shape index (κ3) is 3.13. The number of imidazole rings is 1. The van der Waals surface area contributed by atoms with Gasteiger partial charge in [0.2, 0.25) is 0 Å². The Kier molecular flexibility index (Phi) is 4.54. The zero-order chi connectivity index (χ0) is 17.9. The van der Waals surface area contributed by atoms with Crippen molar-refractivity contribution >= 4 is 23.7 Å². The molecule has 0 saturated carbocycles. The van der Waals surface area contributed by atoms with Crippen LogP contribution in [0.2, 0.25) is 0 Å². The summed E-state index contributed by atoms with van der Waals surface area (Å²) in [4.78, 5) is 17.9. The minimum atomic E-state index is -0.00966. The highest BCUT2D eigenvalue weighted by molar-refractivity contribution is 7.71. The predicted octanol–water partition coefficient (Wildman–Crippen LogP) is 4.46. The van der Waals surface area contributed by atoms with Gasteiger partial charge in [0.1, 0.15) is 5.69 Å². The second kappa shape index (κ2) is 7.14. The molecule has 1 N–H and O–H groups in total. The molecule has 0 atom stereocenters. The molecule has 0 radical (unpaired) electrons. The average Bonchev–Trinajstić information content (AvgIpc) is 3.10. The summed E-state index contributed by atoms with van der Waals surface area (Å²) >= 11 is 5.38. The third-order valence-corrected chi connectivity index (χ3v) is 4.95. The maximum atomic E-state index is 13.1. The molecule has 4 nitrogen and oxygen atoms in total. The summed E-state index contributed by atoms with van der Waals surface area (Å²) in [6.45, 7) is 1.31. The van der Waals surface area contributed by atoms with E-state index in [0.717, 1.165) is 12.1 Å². The number of amides is 1. The van der Waals surface area contributed by atoms with Gasteiger partial charge in [-0.15, -0.1) is 0 Å². The molecule has 0 unspecified atom stereocenters. The number of aromatic nitrogens is 2. The minimum absolute atomic E-state index is 0.00966. The molecule has 26 heavy (non-hydrogen) atoms. The van der Waals surface area contributed by atoms with Gasteiger partial charge in [0.05, 0.1) is 0 Å². The first-order chi connectivity index (χ1) is 12.7. The highest BCUT2D eigenvalue weighted by Gasteiger charge is 2.23. The van der Waals surface area contributed by atoms with E-state index >= 15 is 0 Å². The summed E-state index contributed by atoms with van der Waals surface area (Å²) in [6.07, 6.45) is 4.70. The fraction of sp³-hybridized carbons (Fsp3) is 0.143. The molecule has 5 heteroatoms. The van der Waals surface area contributed by atoms with Gasteiger partial charge >= 0.3 is 0 Å². The number of hydrogen-bond acceptors (Lipinski definition) is 2. The standard InChI is InChI=1S/C21H19N3OS/c25-20(19-15-22-21(26)24(19)18-9-5-2-6-10-18)23-13-11-17(12-14-23)16-7-3-1-4-8-16/h1-11,15H,12-14H2,(H,22,26). The van der Waals surface area contributed by atoms with E-state index in [1.165, 1.54) is 11.1 Å². The van der Waals surface area contributed by atoms with Crippen LogP contribution in [0, 0.1) is 4.77 Å². The van der Waals surface area contributed by atoms with Crippen molar-refractivity contribution < 1.29 is 4.79 Å². The van der Waals surface area contributed by atoms with Crippen molar-refractivity contribution in [2.24, 2.45) is 0 Å². The summed E-state index contributed by atoms with van der Waals surface area (Å²) in [5.74, 6) is -0.00966. The van der Waals surface area contributed by atoms with E-state index in [-0.39, 0.29) is 5.91 Å². The van der Waals surface area contributed by atoms with E-state index in [0.29, 0.717) is 23.6 Å². The molecule has 2 aromatic carbocycles. The van der Waals surface area contributed by atoms with Crippen LogP contribution in [0.15, 0.2) is 72.9 Å². The molecule has 4 rings (SSSR count). The van der Waals surface area contributed by atoms with Crippen molar-refractivity contribution in [2.75, 3.05) is 13.1 Å². The summed E-state index contributed by atoms with van der Waals surface area (Å²) in [5, 5.41) is 0. The molecule has 0 bridgehead atoms. The molecule has 0 fully saturated rings. The summed E-state index contributed by atoms with van der Waals surface area (Å²) < 4.78 is 2.32. The Hall–Kier alpha value is -2.92. The van der Waals surface area contributed by atoms with Crippen molar-refractivity contribution in [3.05, 3.63) is 89.0 Å². The smallest absolute Gasteiger partial charge is 0.272 e. The normalized spacial score (nSPS) is 14.2.